The summed E-state index contributed by atoms with van der Waals surface area (Å²) in [6.45, 7) is 10.2. The highest BCUT2D eigenvalue weighted by molar-refractivity contribution is 7.13. The van der Waals surface area contributed by atoms with Crippen molar-refractivity contribution >= 4 is 23.2 Å². The molecule has 3 aromatic rings. The van der Waals surface area contributed by atoms with Crippen LogP contribution in [0.1, 0.15) is 54.5 Å². The number of likely N-dealkylation sites (tertiary alicyclic amines) is 1. The second kappa shape index (κ2) is 10.3. The van der Waals surface area contributed by atoms with Gasteiger partial charge in [-0.05, 0) is 43.4 Å². The smallest absolute Gasteiger partial charge is 0.243 e. The molecule has 0 unspecified atom stereocenters. The second-order valence-corrected chi connectivity index (χ2v) is 10.5. The molecule has 0 radical (unpaired) electrons. The van der Waals surface area contributed by atoms with Crippen LogP contribution in [0.15, 0.2) is 34.3 Å². The van der Waals surface area contributed by atoms with Gasteiger partial charge in [-0.25, -0.2) is 4.98 Å². The number of carbonyl (C=O) groups excluding carboxylic acids is 2. The standard InChI is InChI=1S/C26H32N4O4S/c1-14(2)23(22-9-16(4)29-34-22)26(33)30-12-19(31)10-21(30)25(32)27-11-18-6-7-20(15(3)8-18)24-17(5)28-13-35-24/h6-9,13-14,19,21,23,31H,10-12H2,1-5H3,(H,27,32)/t19-,21+,23+/m1/s1. The van der Waals surface area contributed by atoms with Crippen LogP contribution in [-0.2, 0) is 16.1 Å². The molecule has 0 aliphatic carbocycles. The highest BCUT2D eigenvalue weighted by Crippen LogP contribution is 2.32. The van der Waals surface area contributed by atoms with Gasteiger partial charge < -0.3 is 19.8 Å². The first-order valence-electron chi connectivity index (χ1n) is 11.8. The van der Waals surface area contributed by atoms with E-state index in [0.29, 0.717) is 18.0 Å². The number of aliphatic hydroxyl groups excluding tert-OH is 1. The first kappa shape index (κ1) is 25.1. The van der Waals surface area contributed by atoms with Crippen molar-refractivity contribution in [3.8, 4) is 10.4 Å². The molecule has 4 rings (SSSR count). The van der Waals surface area contributed by atoms with Crippen LogP contribution >= 0.6 is 11.3 Å². The Kier molecular flexibility index (Phi) is 7.37. The summed E-state index contributed by atoms with van der Waals surface area (Å²) in [6, 6.07) is 7.13. The maximum Gasteiger partial charge on any atom is 0.243 e. The Morgan fingerprint density at radius 3 is 2.63 bits per heavy atom. The zero-order valence-corrected chi connectivity index (χ0v) is 21.6. The molecular formula is C26H32N4O4S. The van der Waals surface area contributed by atoms with E-state index in [-0.39, 0.29) is 30.7 Å². The average molecular weight is 497 g/mol. The van der Waals surface area contributed by atoms with Crippen LogP contribution in [-0.4, -0.2) is 50.7 Å². The predicted octanol–water partition coefficient (Wildman–Crippen LogP) is 3.74. The monoisotopic (exact) mass is 496 g/mol. The number of hydrogen-bond donors (Lipinski definition) is 2. The van der Waals surface area contributed by atoms with E-state index >= 15 is 0 Å². The van der Waals surface area contributed by atoms with E-state index in [1.54, 1.807) is 24.3 Å². The lowest BCUT2D eigenvalue weighted by atomic mass is 9.91. The minimum Gasteiger partial charge on any atom is -0.391 e. The third-order valence-electron chi connectivity index (χ3n) is 6.50. The van der Waals surface area contributed by atoms with Crippen molar-refractivity contribution in [2.45, 2.75) is 65.6 Å². The lowest BCUT2D eigenvalue weighted by Crippen LogP contribution is -2.48. The minimum atomic E-state index is -0.747. The van der Waals surface area contributed by atoms with Crippen LogP contribution in [0.2, 0.25) is 0 Å². The molecule has 8 nitrogen and oxygen atoms in total. The fraction of sp³-hybridized carbons (Fsp3) is 0.462. The molecule has 3 heterocycles. The molecule has 0 bridgehead atoms. The third kappa shape index (κ3) is 5.31. The fourth-order valence-electron chi connectivity index (χ4n) is 4.71. The Labute approximate surface area is 209 Å². The van der Waals surface area contributed by atoms with Crippen molar-refractivity contribution in [3.05, 3.63) is 58.1 Å². The van der Waals surface area contributed by atoms with E-state index in [1.807, 2.05) is 39.3 Å². The molecule has 186 valence electrons. The van der Waals surface area contributed by atoms with Crippen molar-refractivity contribution < 1.29 is 19.2 Å². The molecule has 1 saturated heterocycles. The molecule has 2 aromatic heterocycles. The summed E-state index contributed by atoms with van der Waals surface area (Å²) < 4.78 is 5.39. The van der Waals surface area contributed by atoms with Crippen molar-refractivity contribution in [2.24, 2.45) is 5.92 Å². The van der Waals surface area contributed by atoms with Gasteiger partial charge in [0.15, 0.2) is 0 Å². The summed E-state index contributed by atoms with van der Waals surface area (Å²) in [5.74, 6) is -0.642. The van der Waals surface area contributed by atoms with Gasteiger partial charge in [-0.1, -0.05) is 37.2 Å². The number of nitrogens with one attached hydrogen (secondary N) is 1. The highest BCUT2D eigenvalue weighted by atomic mass is 32.1. The summed E-state index contributed by atoms with van der Waals surface area (Å²) >= 11 is 1.61. The number of amides is 2. The van der Waals surface area contributed by atoms with E-state index in [0.717, 1.165) is 27.3 Å². The number of rotatable bonds is 7. The predicted molar refractivity (Wildman–Crippen MR) is 134 cm³/mol. The largest absolute Gasteiger partial charge is 0.391 e. The average Bonchev–Trinajstić information content (AvgIpc) is 3.52. The van der Waals surface area contributed by atoms with Crippen LogP contribution < -0.4 is 5.32 Å². The van der Waals surface area contributed by atoms with Gasteiger partial charge in [0, 0.05) is 25.6 Å². The number of benzene rings is 1. The summed E-state index contributed by atoms with van der Waals surface area (Å²) in [5.41, 5.74) is 6.76. The maximum atomic E-state index is 13.5. The number of aliphatic hydroxyl groups is 1. The minimum absolute atomic E-state index is 0.0556. The van der Waals surface area contributed by atoms with Crippen LogP contribution in [0.25, 0.3) is 10.4 Å². The SMILES string of the molecule is Cc1cc([C@@H](C(=O)N2C[C@H](O)C[C@H]2C(=O)NCc2ccc(-c3scnc3C)c(C)c2)C(C)C)on1. The Bertz CT molecular complexity index is 1220. The van der Waals surface area contributed by atoms with Crippen LogP contribution in [0.3, 0.4) is 0 Å². The molecule has 1 aliphatic rings. The van der Waals surface area contributed by atoms with E-state index < -0.39 is 18.1 Å². The van der Waals surface area contributed by atoms with E-state index in [2.05, 4.69) is 27.6 Å². The van der Waals surface area contributed by atoms with Gasteiger partial charge in [-0.3, -0.25) is 9.59 Å². The normalized spacial score (nSPS) is 18.8. The fourth-order valence-corrected chi connectivity index (χ4v) is 5.60. The number of carbonyl (C=O) groups is 2. The van der Waals surface area contributed by atoms with Crippen molar-refractivity contribution in [3.63, 3.8) is 0 Å². The molecule has 35 heavy (non-hydrogen) atoms. The van der Waals surface area contributed by atoms with Gasteiger partial charge >= 0.3 is 0 Å². The molecule has 1 aliphatic heterocycles. The van der Waals surface area contributed by atoms with Crippen LogP contribution in [0, 0.1) is 26.7 Å². The second-order valence-electron chi connectivity index (χ2n) is 9.62. The molecule has 2 N–H and O–H groups in total. The number of hydrogen-bond acceptors (Lipinski definition) is 7. The van der Waals surface area contributed by atoms with E-state index in [4.69, 9.17) is 4.52 Å². The Balaban J connectivity index is 1.46. The quantitative estimate of drug-likeness (QED) is 0.516. The zero-order chi connectivity index (χ0) is 25.3. The molecule has 1 aromatic carbocycles. The maximum absolute atomic E-state index is 13.5. The first-order valence-corrected chi connectivity index (χ1v) is 12.7. The molecule has 0 spiro atoms. The lowest BCUT2D eigenvalue weighted by molar-refractivity contribution is -0.141. The number of thiazole rings is 1. The van der Waals surface area contributed by atoms with Gasteiger partial charge in [-0.2, -0.15) is 0 Å². The topological polar surface area (TPSA) is 109 Å². The number of nitrogens with zero attached hydrogens (tertiary/aromatic N) is 3. The Hall–Kier alpha value is -3.04. The highest BCUT2D eigenvalue weighted by Gasteiger charge is 2.43. The lowest BCUT2D eigenvalue weighted by Gasteiger charge is -2.28. The van der Waals surface area contributed by atoms with Crippen LogP contribution in [0.5, 0.6) is 0 Å². The van der Waals surface area contributed by atoms with Gasteiger partial charge in [0.05, 0.1) is 27.9 Å². The molecule has 3 atom stereocenters. The number of aryl methyl sites for hydroxylation is 3. The molecule has 2 amide bonds. The van der Waals surface area contributed by atoms with Gasteiger partial charge in [0.25, 0.3) is 0 Å². The molecule has 9 heteroatoms. The number of β-amino-alcohol motifs (C(OH)–C–C–N with tert-alkyl or cyclic N) is 1. The first-order chi connectivity index (χ1) is 16.7. The summed E-state index contributed by atoms with van der Waals surface area (Å²) in [4.78, 5) is 33.6. The Morgan fingerprint density at radius 2 is 2.03 bits per heavy atom. The van der Waals surface area contributed by atoms with E-state index in [1.165, 1.54) is 4.90 Å². The summed E-state index contributed by atoms with van der Waals surface area (Å²) in [6.07, 6.45) is -0.538. The molecule has 1 fully saturated rings. The van der Waals surface area contributed by atoms with Crippen LogP contribution in [0.4, 0.5) is 0 Å². The van der Waals surface area contributed by atoms with E-state index in [9.17, 15) is 14.7 Å². The Morgan fingerprint density at radius 1 is 1.26 bits per heavy atom. The van der Waals surface area contributed by atoms with Crippen molar-refractivity contribution in [2.75, 3.05) is 6.54 Å². The van der Waals surface area contributed by atoms with Gasteiger partial charge in [0.1, 0.15) is 17.7 Å². The van der Waals surface area contributed by atoms with Crippen molar-refractivity contribution in [1.29, 1.82) is 0 Å². The molecule has 0 saturated carbocycles. The summed E-state index contributed by atoms with van der Waals surface area (Å²) in [5, 5.41) is 17.2. The third-order valence-corrected chi connectivity index (χ3v) is 7.46. The van der Waals surface area contributed by atoms with Gasteiger partial charge in [0.2, 0.25) is 11.8 Å². The zero-order valence-electron chi connectivity index (χ0n) is 20.7. The van der Waals surface area contributed by atoms with Gasteiger partial charge in [-0.15, -0.1) is 11.3 Å². The molecular weight excluding hydrogens is 464 g/mol. The van der Waals surface area contributed by atoms with Crippen molar-refractivity contribution in [1.82, 2.24) is 20.4 Å². The summed E-state index contributed by atoms with van der Waals surface area (Å²) in [7, 11) is 0. The number of aromatic nitrogens is 2.